The first-order valence-electron chi connectivity index (χ1n) is 10.7. The highest BCUT2D eigenvalue weighted by molar-refractivity contribution is 8.00. The number of nitrogens with zero attached hydrogens (tertiary/aromatic N) is 7. The fourth-order valence-electron chi connectivity index (χ4n) is 4.15. The molecule has 1 saturated heterocycles. The Kier molecular flexibility index (Phi) is 6.13. The summed E-state index contributed by atoms with van der Waals surface area (Å²) in [7, 11) is 1.26. The number of fused-ring (bicyclic) bond motifs is 2. The molecule has 4 aliphatic rings. The number of carbonyl (C=O) groups is 3. The lowest BCUT2D eigenvalue weighted by molar-refractivity contribution is -0.150. The number of anilines is 1. The largest absolute Gasteiger partial charge is 0.477 e. The van der Waals surface area contributed by atoms with Crippen LogP contribution in [-0.2, 0) is 19.2 Å². The SMILES string of the molecule is CON=C(C(=O)N[C@@H]1C(=O)N2C(C(=O)O)=C(CN3C=CN4N=C(C)CC=C34)CS[C@@H]12)c1nsc(N)n1. The van der Waals surface area contributed by atoms with Crippen molar-refractivity contribution in [3.8, 4) is 0 Å². The Balaban J connectivity index is 1.32. The number of nitrogens with two attached hydrogens (primary N) is 1. The zero-order valence-electron chi connectivity index (χ0n) is 19.1. The number of carbonyl (C=O) groups excluding carboxylic acids is 2. The number of hydrazone groups is 1. The van der Waals surface area contributed by atoms with Crippen molar-refractivity contribution in [2.75, 3.05) is 25.1 Å². The van der Waals surface area contributed by atoms with Crippen LogP contribution in [0.1, 0.15) is 19.2 Å². The van der Waals surface area contributed by atoms with Gasteiger partial charge in [0.2, 0.25) is 11.5 Å². The summed E-state index contributed by atoms with van der Waals surface area (Å²) >= 11 is 2.26. The van der Waals surface area contributed by atoms with E-state index in [0.717, 1.165) is 23.1 Å². The summed E-state index contributed by atoms with van der Waals surface area (Å²) in [4.78, 5) is 49.9. The lowest BCUT2D eigenvalue weighted by atomic mass is 10.0. The van der Waals surface area contributed by atoms with Crippen LogP contribution in [0.2, 0.25) is 0 Å². The minimum atomic E-state index is -1.20. The number of thioether (sulfide) groups is 1. The molecule has 36 heavy (non-hydrogen) atoms. The fraction of sp³-hybridized carbons (Fsp3) is 0.350. The van der Waals surface area contributed by atoms with Gasteiger partial charge in [0, 0.05) is 48.4 Å². The fourth-order valence-corrected chi connectivity index (χ4v) is 5.92. The van der Waals surface area contributed by atoms with Crippen molar-refractivity contribution in [3.05, 3.63) is 41.4 Å². The molecule has 16 heteroatoms. The summed E-state index contributed by atoms with van der Waals surface area (Å²) in [6.07, 6.45) is 6.36. The van der Waals surface area contributed by atoms with Gasteiger partial charge in [-0.1, -0.05) is 5.16 Å². The molecule has 14 nitrogen and oxygen atoms in total. The number of carboxylic acid groups (broad SMARTS) is 1. The summed E-state index contributed by atoms with van der Waals surface area (Å²) in [6, 6.07) is -0.947. The van der Waals surface area contributed by atoms with Crippen molar-refractivity contribution in [2.45, 2.75) is 24.8 Å². The van der Waals surface area contributed by atoms with Crippen LogP contribution < -0.4 is 11.1 Å². The van der Waals surface area contributed by atoms with E-state index < -0.39 is 29.2 Å². The third-order valence-electron chi connectivity index (χ3n) is 5.72. The van der Waals surface area contributed by atoms with Crippen LogP contribution in [0.15, 0.2) is 45.8 Å². The zero-order valence-corrected chi connectivity index (χ0v) is 20.7. The first-order chi connectivity index (χ1) is 17.3. The lowest BCUT2D eigenvalue weighted by Gasteiger charge is -2.49. The number of nitrogens with one attached hydrogen (secondary N) is 1. The van der Waals surface area contributed by atoms with E-state index in [1.54, 1.807) is 11.2 Å². The Morgan fingerprint density at radius 2 is 2.19 bits per heavy atom. The van der Waals surface area contributed by atoms with Crippen LogP contribution in [0, 0.1) is 0 Å². The second-order valence-electron chi connectivity index (χ2n) is 8.07. The average Bonchev–Trinajstić information content (AvgIpc) is 3.45. The Labute approximate surface area is 213 Å². The molecule has 0 spiro atoms. The van der Waals surface area contributed by atoms with Crippen molar-refractivity contribution in [1.82, 2.24) is 29.5 Å². The standard InChI is InChI=1S/C20H21N9O5S2/c1-9-3-4-11-27(5-6-28(11)24-9)7-10-8-35-18-13(17(31)29(18)14(10)19(32)33)22-16(30)12(25-34-2)15-23-20(21)36-26-15/h4-6,13,18H,3,7-8H2,1-2H3,(H,22,30)(H,32,33)(H2,21,23,26)/t13-,18+/m1/s1. The van der Waals surface area contributed by atoms with Crippen molar-refractivity contribution >= 4 is 57.6 Å². The first-order valence-corrected chi connectivity index (χ1v) is 12.5. The number of hydrogen-bond acceptors (Lipinski definition) is 13. The predicted octanol–water partition coefficient (Wildman–Crippen LogP) is -0.0808. The van der Waals surface area contributed by atoms with Crippen LogP contribution in [0.3, 0.4) is 0 Å². The molecule has 4 aliphatic heterocycles. The number of aromatic nitrogens is 2. The van der Waals surface area contributed by atoms with Crippen molar-refractivity contribution in [1.29, 1.82) is 0 Å². The highest BCUT2D eigenvalue weighted by atomic mass is 32.2. The van der Waals surface area contributed by atoms with E-state index in [-0.39, 0.29) is 28.9 Å². The van der Waals surface area contributed by atoms with Crippen LogP contribution >= 0.6 is 23.3 Å². The van der Waals surface area contributed by atoms with Gasteiger partial charge in [-0.3, -0.25) is 14.5 Å². The molecule has 5 rings (SSSR count). The number of amides is 2. The van der Waals surface area contributed by atoms with Crippen LogP contribution in [0.4, 0.5) is 5.13 Å². The third kappa shape index (κ3) is 4.07. The topological polar surface area (TPSA) is 179 Å². The normalized spacial score (nSPS) is 23.1. The van der Waals surface area contributed by atoms with Crippen LogP contribution in [-0.4, -0.2) is 89.3 Å². The molecule has 0 radical (unpaired) electrons. The summed E-state index contributed by atoms with van der Waals surface area (Å²) in [6.45, 7) is 2.22. The number of carboxylic acids is 1. The molecule has 4 N–H and O–H groups in total. The molecule has 188 valence electrons. The van der Waals surface area contributed by atoms with Crippen LogP contribution in [0.25, 0.3) is 0 Å². The summed E-state index contributed by atoms with van der Waals surface area (Å²) in [5.41, 5.74) is 6.84. The lowest BCUT2D eigenvalue weighted by Crippen LogP contribution is -2.71. The molecule has 0 unspecified atom stereocenters. The Hall–Kier alpha value is -3.92. The number of nitrogen functional groups attached to an aromatic ring is 1. The third-order valence-corrected chi connectivity index (χ3v) is 7.61. The van der Waals surface area contributed by atoms with Gasteiger partial charge in [-0.05, 0) is 18.6 Å². The minimum absolute atomic E-state index is 0.0329. The molecule has 1 aromatic heterocycles. The maximum Gasteiger partial charge on any atom is 0.352 e. The molecule has 0 saturated carbocycles. The second-order valence-corrected chi connectivity index (χ2v) is 9.96. The molecule has 2 amide bonds. The van der Waals surface area contributed by atoms with Crippen LogP contribution in [0.5, 0.6) is 0 Å². The highest BCUT2D eigenvalue weighted by Crippen LogP contribution is 2.41. The Bertz CT molecular complexity index is 1300. The van der Waals surface area contributed by atoms with E-state index in [2.05, 4.69) is 24.9 Å². The monoisotopic (exact) mass is 531 g/mol. The Morgan fingerprint density at radius 1 is 1.39 bits per heavy atom. The van der Waals surface area contributed by atoms with Crippen molar-refractivity contribution in [2.24, 2.45) is 10.3 Å². The number of allylic oxidation sites excluding steroid dienone is 1. The first kappa shape index (κ1) is 23.8. The smallest absolute Gasteiger partial charge is 0.352 e. The van der Waals surface area contributed by atoms with Crippen molar-refractivity contribution < 1.29 is 24.3 Å². The summed E-state index contributed by atoms with van der Waals surface area (Å²) in [5.74, 6) is -1.30. The molecular weight excluding hydrogens is 510 g/mol. The van der Waals surface area contributed by atoms with E-state index >= 15 is 0 Å². The van der Waals surface area contributed by atoms with Gasteiger partial charge in [-0.2, -0.15) is 14.5 Å². The molecule has 0 aliphatic carbocycles. The van der Waals surface area contributed by atoms with E-state index in [4.69, 9.17) is 10.6 Å². The summed E-state index contributed by atoms with van der Waals surface area (Å²) < 4.78 is 3.96. The van der Waals surface area contributed by atoms with Gasteiger partial charge >= 0.3 is 5.97 Å². The van der Waals surface area contributed by atoms with Gasteiger partial charge in [0.25, 0.3) is 11.8 Å². The van der Waals surface area contributed by atoms with E-state index in [1.807, 2.05) is 24.1 Å². The molecule has 0 aromatic carbocycles. The molecule has 5 heterocycles. The highest BCUT2D eigenvalue weighted by Gasteiger charge is 2.54. The molecule has 0 bridgehead atoms. The minimum Gasteiger partial charge on any atom is -0.477 e. The average molecular weight is 532 g/mol. The molecule has 2 atom stereocenters. The number of aliphatic carboxylic acids is 1. The van der Waals surface area contributed by atoms with E-state index in [9.17, 15) is 19.5 Å². The molecule has 1 fully saturated rings. The predicted molar refractivity (Wildman–Crippen MR) is 131 cm³/mol. The van der Waals surface area contributed by atoms with Crippen molar-refractivity contribution in [3.63, 3.8) is 0 Å². The van der Waals surface area contributed by atoms with Gasteiger partial charge < -0.3 is 25.9 Å². The van der Waals surface area contributed by atoms with Gasteiger partial charge in [0.15, 0.2) is 5.13 Å². The van der Waals surface area contributed by atoms with Gasteiger partial charge in [-0.15, -0.1) is 11.8 Å². The quantitative estimate of drug-likeness (QED) is 0.243. The number of oxime groups is 1. The maximum atomic E-state index is 13.0. The number of rotatable bonds is 7. The number of hydrogen-bond donors (Lipinski definition) is 3. The number of β-lactam (4-membered cyclic amide) rings is 1. The zero-order chi connectivity index (χ0) is 25.6. The van der Waals surface area contributed by atoms with E-state index in [0.29, 0.717) is 17.7 Å². The molecule has 1 aromatic rings. The van der Waals surface area contributed by atoms with Gasteiger partial charge in [0.05, 0.1) is 0 Å². The summed E-state index contributed by atoms with van der Waals surface area (Å²) in [5, 5.41) is 22.0. The van der Waals surface area contributed by atoms with E-state index in [1.165, 1.54) is 23.8 Å². The van der Waals surface area contributed by atoms with Gasteiger partial charge in [0.1, 0.15) is 30.0 Å². The van der Waals surface area contributed by atoms with Gasteiger partial charge in [-0.25, -0.2) is 9.80 Å². The molecular formula is C20H21N9O5S2. The maximum absolute atomic E-state index is 13.0. The second kappa shape index (κ2) is 9.27. The Morgan fingerprint density at radius 3 is 2.89 bits per heavy atom.